The van der Waals surface area contributed by atoms with Gasteiger partial charge in [0.1, 0.15) is 0 Å². The van der Waals surface area contributed by atoms with Crippen molar-refractivity contribution < 1.29 is 36.6 Å². The second kappa shape index (κ2) is 6.10. The molecule has 1 saturated heterocycles. The number of aliphatic hydroxyl groups is 1. The Hall–Kier alpha value is -1.65. The van der Waals surface area contributed by atoms with Crippen LogP contribution in [-0.4, -0.2) is 48.1 Å². The van der Waals surface area contributed by atoms with Crippen molar-refractivity contribution in [2.75, 3.05) is 13.1 Å². The zero-order chi connectivity index (χ0) is 17.4. The molecular weight excluding hydrogens is 339 g/mol. The zero-order valence-electron chi connectivity index (χ0n) is 11.7. The first kappa shape index (κ1) is 17.7. The van der Waals surface area contributed by atoms with Crippen LogP contribution in [0.5, 0.6) is 0 Å². The Balaban J connectivity index is 2.42. The highest BCUT2D eigenvalue weighted by Gasteiger charge is 2.42. The Morgan fingerprint density at radius 3 is 2.43 bits per heavy atom. The van der Waals surface area contributed by atoms with Gasteiger partial charge in [-0.2, -0.15) is 17.5 Å². The van der Waals surface area contributed by atoms with Crippen molar-refractivity contribution in [1.82, 2.24) is 4.31 Å². The number of hydrogen-bond acceptors (Lipinski definition) is 4. The van der Waals surface area contributed by atoms with Crippen molar-refractivity contribution in [2.24, 2.45) is 5.92 Å². The first-order valence-corrected chi connectivity index (χ1v) is 8.06. The van der Waals surface area contributed by atoms with Crippen molar-refractivity contribution in [3.63, 3.8) is 0 Å². The second-order valence-corrected chi connectivity index (χ2v) is 7.06. The van der Waals surface area contributed by atoms with Gasteiger partial charge in [0.15, 0.2) is 0 Å². The fourth-order valence-corrected chi connectivity index (χ4v) is 4.13. The molecule has 1 fully saturated rings. The van der Waals surface area contributed by atoms with E-state index < -0.39 is 51.2 Å². The van der Waals surface area contributed by atoms with Crippen LogP contribution in [0.1, 0.15) is 12.0 Å². The molecule has 0 spiro atoms. The van der Waals surface area contributed by atoms with E-state index in [2.05, 4.69) is 0 Å². The summed E-state index contributed by atoms with van der Waals surface area (Å²) in [7, 11) is -4.53. The van der Waals surface area contributed by atoms with E-state index in [1.807, 2.05) is 0 Å². The van der Waals surface area contributed by atoms with Crippen LogP contribution in [0, 0.1) is 5.92 Å². The number of carboxylic acids is 1. The molecule has 0 unspecified atom stereocenters. The van der Waals surface area contributed by atoms with Crippen LogP contribution in [-0.2, 0) is 21.0 Å². The van der Waals surface area contributed by atoms with Crippen molar-refractivity contribution >= 4 is 16.0 Å². The van der Waals surface area contributed by atoms with E-state index in [0.717, 1.165) is 18.2 Å². The van der Waals surface area contributed by atoms with Crippen LogP contribution in [0.25, 0.3) is 0 Å². The highest BCUT2D eigenvalue weighted by atomic mass is 32.2. The summed E-state index contributed by atoms with van der Waals surface area (Å²) in [5.74, 6) is -2.78. The van der Waals surface area contributed by atoms with Gasteiger partial charge >= 0.3 is 12.1 Å². The summed E-state index contributed by atoms with van der Waals surface area (Å²) in [6, 6.07) is 3.72. The molecule has 1 aliphatic rings. The molecule has 1 aromatic carbocycles. The third kappa shape index (κ3) is 3.48. The molecule has 2 rings (SSSR count). The molecule has 0 saturated carbocycles. The number of halogens is 3. The average molecular weight is 353 g/mol. The van der Waals surface area contributed by atoms with Crippen LogP contribution in [0.4, 0.5) is 13.2 Å². The Morgan fingerprint density at radius 1 is 1.26 bits per heavy atom. The summed E-state index contributed by atoms with van der Waals surface area (Å²) in [6.07, 6.45) is -6.26. The molecule has 0 amide bonds. The van der Waals surface area contributed by atoms with E-state index in [4.69, 9.17) is 5.11 Å². The first-order chi connectivity index (χ1) is 10.5. The Bertz CT molecular complexity index is 704. The number of alkyl halides is 3. The smallest absolute Gasteiger partial charge is 0.417 e. The van der Waals surface area contributed by atoms with Crippen LogP contribution >= 0.6 is 0 Å². The predicted molar refractivity (Wildman–Crippen MR) is 72.0 cm³/mol. The highest BCUT2D eigenvalue weighted by molar-refractivity contribution is 7.89. The first-order valence-electron chi connectivity index (χ1n) is 6.62. The summed E-state index contributed by atoms with van der Waals surface area (Å²) >= 11 is 0. The quantitative estimate of drug-likeness (QED) is 0.850. The van der Waals surface area contributed by atoms with Gasteiger partial charge in [0.05, 0.1) is 22.5 Å². The fourth-order valence-electron chi connectivity index (χ4n) is 2.44. The lowest BCUT2D eigenvalue weighted by Crippen LogP contribution is -2.48. The second-order valence-electron chi connectivity index (χ2n) is 5.16. The monoisotopic (exact) mass is 353 g/mol. The van der Waals surface area contributed by atoms with Crippen LogP contribution in [0.2, 0.25) is 0 Å². The lowest BCUT2D eigenvalue weighted by Gasteiger charge is -2.33. The maximum Gasteiger partial charge on any atom is 0.417 e. The van der Waals surface area contributed by atoms with E-state index in [1.165, 1.54) is 0 Å². The maximum absolute atomic E-state index is 13.0. The Labute approximate surface area is 130 Å². The van der Waals surface area contributed by atoms with Crippen LogP contribution in [0.3, 0.4) is 0 Å². The Morgan fingerprint density at radius 2 is 1.87 bits per heavy atom. The van der Waals surface area contributed by atoms with Gasteiger partial charge in [0.2, 0.25) is 10.0 Å². The molecule has 0 aliphatic carbocycles. The van der Waals surface area contributed by atoms with E-state index in [9.17, 15) is 31.5 Å². The minimum Gasteiger partial charge on any atom is -0.481 e. The minimum absolute atomic E-state index is 0.162. The number of sulfonamides is 1. The molecule has 0 bridgehead atoms. The molecule has 128 valence electrons. The van der Waals surface area contributed by atoms with Crippen molar-refractivity contribution in [1.29, 1.82) is 0 Å². The van der Waals surface area contributed by atoms with E-state index in [0.29, 0.717) is 10.4 Å². The number of carboxylic acid groups (broad SMARTS) is 1. The number of aliphatic carboxylic acids is 1. The molecule has 0 aromatic heterocycles. The maximum atomic E-state index is 13.0. The molecule has 1 aliphatic heterocycles. The fraction of sp³-hybridized carbons (Fsp3) is 0.462. The number of hydrogen-bond donors (Lipinski definition) is 2. The summed E-state index contributed by atoms with van der Waals surface area (Å²) in [4.78, 5) is 10.1. The van der Waals surface area contributed by atoms with Gasteiger partial charge in [-0.25, -0.2) is 8.42 Å². The van der Waals surface area contributed by atoms with Gasteiger partial charge in [0.25, 0.3) is 0 Å². The lowest BCUT2D eigenvalue weighted by molar-refractivity contribution is -0.147. The Kier molecular flexibility index (Phi) is 4.69. The topological polar surface area (TPSA) is 94.9 Å². The van der Waals surface area contributed by atoms with Gasteiger partial charge < -0.3 is 10.2 Å². The number of rotatable bonds is 3. The molecule has 23 heavy (non-hydrogen) atoms. The molecule has 10 heteroatoms. The average Bonchev–Trinajstić information content (AvgIpc) is 2.46. The number of carbonyl (C=O) groups is 1. The van der Waals surface area contributed by atoms with E-state index >= 15 is 0 Å². The summed E-state index contributed by atoms with van der Waals surface area (Å²) < 4.78 is 64.6. The number of benzene rings is 1. The summed E-state index contributed by atoms with van der Waals surface area (Å²) in [5.41, 5.74) is -1.31. The van der Waals surface area contributed by atoms with E-state index in [-0.39, 0.29) is 13.0 Å². The van der Waals surface area contributed by atoms with Crippen molar-refractivity contribution in [2.45, 2.75) is 23.6 Å². The van der Waals surface area contributed by atoms with Gasteiger partial charge in [-0.3, -0.25) is 4.79 Å². The predicted octanol–water partition coefficient (Wildman–Crippen LogP) is 1.16. The van der Waals surface area contributed by atoms with Crippen LogP contribution in [0.15, 0.2) is 29.2 Å². The van der Waals surface area contributed by atoms with Gasteiger partial charge in [-0.1, -0.05) is 12.1 Å². The molecular formula is C13H14F3NO5S. The van der Waals surface area contributed by atoms with E-state index in [1.54, 1.807) is 0 Å². The zero-order valence-corrected chi connectivity index (χ0v) is 12.5. The van der Waals surface area contributed by atoms with Crippen molar-refractivity contribution in [3.05, 3.63) is 29.8 Å². The third-order valence-electron chi connectivity index (χ3n) is 3.67. The summed E-state index contributed by atoms with van der Waals surface area (Å²) in [5, 5.41) is 18.6. The normalized spacial score (nSPS) is 23.7. The summed E-state index contributed by atoms with van der Waals surface area (Å²) in [6.45, 7) is -0.829. The molecule has 0 radical (unpaired) electrons. The molecule has 6 nitrogen and oxygen atoms in total. The number of nitrogens with zero attached hydrogens (tertiary/aromatic N) is 1. The highest BCUT2D eigenvalue weighted by Crippen LogP contribution is 2.36. The largest absolute Gasteiger partial charge is 0.481 e. The van der Waals surface area contributed by atoms with Crippen LogP contribution < -0.4 is 0 Å². The van der Waals surface area contributed by atoms with Gasteiger partial charge in [-0.15, -0.1) is 0 Å². The lowest BCUT2D eigenvalue weighted by atomic mass is 9.96. The molecule has 1 heterocycles. The molecule has 2 N–H and O–H groups in total. The molecule has 2 atom stereocenters. The van der Waals surface area contributed by atoms with Gasteiger partial charge in [0, 0.05) is 13.1 Å². The van der Waals surface area contributed by atoms with Gasteiger partial charge in [-0.05, 0) is 18.6 Å². The number of aliphatic hydroxyl groups excluding tert-OH is 1. The third-order valence-corrected chi connectivity index (χ3v) is 5.59. The SMILES string of the molecule is O=C(O)[C@H]1CN(S(=O)(=O)c2ccccc2C(F)(F)F)CC[C@H]1O. The molecule has 1 aromatic rings. The number of piperidine rings is 1. The van der Waals surface area contributed by atoms with Crippen molar-refractivity contribution in [3.8, 4) is 0 Å². The minimum atomic E-state index is -4.86. The standard InChI is InChI=1S/C13H14F3NO5S/c14-13(15,16)9-3-1-2-4-11(9)23(21,22)17-6-5-10(18)8(7-17)12(19)20/h1-4,8,10,18H,5-7H2,(H,19,20)/t8-,10+/m0/s1.